The maximum atomic E-state index is 11.5. The van der Waals surface area contributed by atoms with Gasteiger partial charge in [-0.1, -0.05) is 101 Å². The zero-order valence-electron chi connectivity index (χ0n) is 30.0. The first-order valence-corrected chi connectivity index (χ1v) is 20.8. The standard InChI is InChI=1S/C46H42BNO2S2/c1-3-5-7-9-11-31-21-35-36-22-32(12-10-8-6-4-2)24-38-44(36)48-43(35)37(23-31)45-39(25-41(51-45)33-17-13-29(27-49)14-18-33)47(48)40-26-42(52-46(38)40)34-19-15-30(28-50)16-20-34/h13-28H,3-12H2,1-2H3. The number of hydrogen-bond donors (Lipinski definition) is 0. The van der Waals surface area contributed by atoms with Gasteiger partial charge in [-0.05, 0) is 95.3 Å². The number of unbranched alkanes of at least 4 members (excludes halogenated alkanes) is 6. The molecule has 3 nitrogen and oxygen atoms in total. The molecule has 0 saturated heterocycles. The number of carbonyl (C=O) groups is 2. The van der Waals surface area contributed by atoms with Crippen LogP contribution in [0.3, 0.4) is 0 Å². The van der Waals surface area contributed by atoms with Gasteiger partial charge in [0.05, 0.1) is 0 Å². The molecule has 0 radical (unpaired) electrons. The molecule has 0 unspecified atom stereocenters. The lowest BCUT2D eigenvalue weighted by Crippen LogP contribution is -2.52. The minimum atomic E-state index is 0.0642. The Bertz CT molecular complexity index is 2310. The molecule has 2 aliphatic heterocycles. The minimum absolute atomic E-state index is 0.0642. The largest absolute Gasteiger partial charge is 0.375 e. The summed E-state index contributed by atoms with van der Waals surface area (Å²) < 4.78 is 2.69. The molecule has 0 aliphatic carbocycles. The molecule has 5 heterocycles. The summed E-state index contributed by atoms with van der Waals surface area (Å²) in [6.07, 6.45) is 14.1. The highest BCUT2D eigenvalue weighted by Gasteiger charge is 2.42. The van der Waals surface area contributed by atoms with E-state index in [-0.39, 0.29) is 6.85 Å². The Balaban J connectivity index is 1.30. The van der Waals surface area contributed by atoms with Crippen molar-refractivity contribution in [2.45, 2.75) is 78.1 Å². The average molecular weight is 716 g/mol. The highest BCUT2D eigenvalue weighted by molar-refractivity contribution is 7.23. The van der Waals surface area contributed by atoms with Crippen LogP contribution in [0.15, 0.2) is 84.9 Å². The van der Waals surface area contributed by atoms with Crippen molar-refractivity contribution in [1.82, 2.24) is 4.48 Å². The zero-order chi connectivity index (χ0) is 35.3. The zero-order valence-corrected chi connectivity index (χ0v) is 31.6. The Morgan fingerprint density at radius 3 is 1.40 bits per heavy atom. The number of hydrogen-bond acceptors (Lipinski definition) is 4. The number of nitrogens with zero attached hydrogens (tertiary/aromatic N) is 1. The minimum Gasteiger partial charge on any atom is -0.375 e. The molecule has 258 valence electrons. The lowest BCUT2D eigenvalue weighted by atomic mass is 9.47. The number of aldehydes is 2. The monoisotopic (exact) mass is 715 g/mol. The molecule has 0 fully saturated rings. The summed E-state index contributed by atoms with van der Waals surface area (Å²) >= 11 is 3.80. The summed E-state index contributed by atoms with van der Waals surface area (Å²) in [5.74, 6) is 0. The Kier molecular flexibility index (Phi) is 8.84. The number of carbonyl (C=O) groups excluding carboxylic acids is 2. The normalized spacial score (nSPS) is 12.5. The van der Waals surface area contributed by atoms with E-state index < -0.39 is 0 Å². The van der Waals surface area contributed by atoms with Crippen LogP contribution in [0, 0.1) is 0 Å². The van der Waals surface area contributed by atoms with E-state index >= 15 is 0 Å². The molecule has 0 bridgehead atoms. The topological polar surface area (TPSA) is 39.1 Å². The lowest BCUT2D eigenvalue weighted by molar-refractivity contribution is 0.111. The number of fused-ring (bicyclic) bond motifs is 7. The first-order valence-electron chi connectivity index (χ1n) is 19.1. The fraction of sp³-hybridized carbons (Fsp3) is 0.261. The molecule has 2 aliphatic rings. The second kappa shape index (κ2) is 13.8. The summed E-state index contributed by atoms with van der Waals surface area (Å²) in [4.78, 5) is 28.2. The Morgan fingerprint density at radius 1 is 0.558 bits per heavy atom. The molecular formula is C46H42BNO2S2. The van der Waals surface area contributed by atoms with Gasteiger partial charge >= 0.3 is 6.85 Å². The molecule has 9 rings (SSSR count). The molecule has 7 aromatic rings. The van der Waals surface area contributed by atoms with Crippen LogP contribution >= 0.6 is 22.7 Å². The van der Waals surface area contributed by atoms with Crippen molar-refractivity contribution in [3.8, 4) is 41.8 Å². The molecule has 52 heavy (non-hydrogen) atoms. The van der Waals surface area contributed by atoms with Crippen LogP contribution in [-0.2, 0) is 12.8 Å². The smallest absolute Gasteiger partial charge is 0.331 e. The van der Waals surface area contributed by atoms with Crippen molar-refractivity contribution in [3.63, 3.8) is 0 Å². The van der Waals surface area contributed by atoms with E-state index in [1.807, 2.05) is 46.9 Å². The first-order chi connectivity index (χ1) is 25.6. The van der Waals surface area contributed by atoms with Gasteiger partial charge in [0, 0.05) is 63.6 Å². The van der Waals surface area contributed by atoms with Crippen LogP contribution in [0.25, 0.3) is 63.6 Å². The van der Waals surface area contributed by atoms with E-state index in [2.05, 4.69) is 79.0 Å². The molecule has 4 aromatic carbocycles. The predicted octanol–water partition coefficient (Wildman–Crippen LogP) is 11.7. The third-order valence-electron chi connectivity index (χ3n) is 11.3. The third-order valence-corrected chi connectivity index (χ3v) is 13.7. The molecule has 6 heteroatoms. The molecular weight excluding hydrogens is 673 g/mol. The van der Waals surface area contributed by atoms with Crippen LogP contribution in [0.1, 0.15) is 97.1 Å². The molecule has 0 saturated carbocycles. The van der Waals surface area contributed by atoms with E-state index in [1.54, 1.807) is 0 Å². The molecule has 0 atom stereocenters. The second-order valence-electron chi connectivity index (χ2n) is 14.7. The van der Waals surface area contributed by atoms with Gasteiger partial charge in [0.25, 0.3) is 0 Å². The van der Waals surface area contributed by atoms with Gasteiger partial charge in [0.15, 0.2) is 0 Å². The number of aromatic nitrogens is 1. The molecule has 0 N–H and O–H groups in total. The molecule has 0 spiro atoms. The molecule has 0 amide bonds. The van der Waals surface area contributed by atoms with Crippen LogP contribution in [0.4, 0.5) is 0 Å². The van der Waals surface area contributed by atoms with Crippen molar-refractivity contribution in [1.29, 1.82) is 0 Å². The highest BCUT2D eigenvalue weighted by Crippen LogP contribution is 2.50. The highest BCUT2D eigenvalue weighted by atomic mass is 32.1. The number of thiophene rings is 2. The van der Waals surface area contributed by atoms with Gasteiger partial charge < -0.3 is 4.48 Å². The van der Waals surface area contributed by atoms with E-state index in [4.69, 9.17) is 0 Å². The second-order valence-corrected chi connectivity index (χ2v) is 16.8. The predicted molar refractivity (Wildman–Crippen MR) is 224 cm³/mol. The average Bonchev–Trinajstić information content (AvgIpc) is 3.92. The third kappa shape index (κ3) is 5.54. The summed E-state index contributed by atoms with van der Waals surface area (Å²) in [5, 5.41) is 2.80. The van der Waals surface area contributed by atoms with Gasteiger partial charge in [-0.25, -0.2) is 0 Å². The summed E-state index contributed by atoms with van der Waals surface area (Å²) in [6, 6.07) is 31.0. The van der Waals surface area contributed by atoms with E-state index in [0.29, 0.717) is 11.1 Å². The quantitative estimate of drug-likeness (QED) is 0.0639. The fourth-order valence-electron chi connectivity index (χ4n) is 8.65. The van der Waals surface area contributed by atoms with Gasteiger partial charge in [0.2, 0.25) is 0 Å². The van der Waals surface area contributed by atoms with Crippen LogP contribution < -0.4 is 10.9 Å². The van der Waals surface area contributed by atoms with E-state index in [9.17, 15) is 9.59 Å². The van der Waals surface area contributed by atoms with Crippen molar-refractivity contribution in [2.75, 3.05) is 0 Å². The number of rotatable bonds is 14. The van der Waals surface area contributed by atoms with Crippen molar-refractivity contribution >= 4 is 74.8 Å². The lowest BCUT2D eigenvalue weighted by Gasteiger charge is -2.29. The first kappa shape index (κ1) is 33.3. The van der Waals surface area contributed by atoms with Gasteiger partial charge in [-0.15, -0.1) is 22.7 Å². The van der Waals surface area contributed by atoms with Crippen molar-refractivity contribution in [2.24, 2.45) is 0 Å². The van der Waals surface area contributed by atoms with Crippen LogP contribution in [-0.4, -0.2) is 23.9 Å². The fourth-order valence-corrected chi connectivity index (χ4v) is 11.1. The Labute approximate surface area is 314 Å². The maximum absolute atomic E-state index is 11.5. The number of aryl methyl sites for hydroxylation is 2. The Morgan fingerprint density at radius 2 is 1.00 bits per heavy atom. The summed E-state index contributed by atoms with van der Waals surface area (Å²) in [7, 11) is 0. The summed E-state index contributed by atoms with van der Waals surface area (Å²) in [5.41, 5.74) is 14.8. The van der Waals surface area contributed by atoms with Gasteiger partial charge in [0.1, 0.15) is 12.6 Å². The molecule has 3 aromatic heterocycles. The van der Waals surface area contributed by atoms with E-state index in [0.717, 1.165) is 36.5 Å². The van der Waals surface area contributed by atoms with Crippen molar-refractivity contribution < 1.29 is 9.59 Å². The van der Waals surface area contributed by atoms with E-state index in [1.165, 1.54) is 126 Å². The van der Waals surface area contributed by atoms with Crippen LogP contribution in [0.2, 0.25) is 0 Å². The van der Waals surface area contributed by atoms with Gasteiger partial charge in [-0.3, -0.25) is 9.59 Å². The maximum Gasteiger partial charge on any atom is 0.331 e. The number of benzene rings is 4. The van der Waals surface area contributed by atoms with Gasteiger partial charge in [-0.2, -0.15) is 0 Å². The van der Waals surface area contributed by atoms with Crippen LogP contribution in [0.5, 0.6) is 0 Å². The SMILES string of the molecule is CCCCCCc1cc2c3c(c1)c1cc(CCCCCC)cc4c1n3B(c1cc(-c3ccc(C=O)cc3)sc1-2)c1cc(-c2ccc(C=O)cc2)sc1-4. The Hall–Kier alpha value is -4.52. The van der Waals surface area contributed by atoms with Crippen molar-refractivity contribution in [3.05, 3.63) is 107 Å². The summed E-state index contributed by atoms with van der Waals surface area (Å²) in [6.45, 7) is 4.64.